The molecule has 0 radical (unpaired) electrons. The lowest BCUT2D eigenvalue weighted by Gasteiger charge is -2.38. The maximum Gasteiger partial charge on any atom is 0.0217 e. The van der Waals surface area contributed by atoms with E-state index >= 15 is 0 Å². The Morgan fingerprint density at radius 2 is 1.87 bits per heavy atom. The van der Waals surface area contributed by atoms with E-state index in [-0.39, 0.29) is 0 Å². The topological polar surface area (TPSA) is 24.1 Å². The highest BCUT2D eigenvalue weighted by Crippen LogP contribution is 2.57. The molecule has 2 heteroatoms. The summed E-state index contributed by atoms with van der Waals surface area (Å²) in [5.74, 6) is 2.02. The molecule has 0 amide bonds. The Balaban J connectivity index is 1.44. The minimum absolute atomic E-state index is 0.618. The second-order valence-electron chi connectivity index (χ2n) is 6.48. The Hall–Kier alpha value is -0.0800. The van der Waals surface area contributed by atoms with Crippen molar-refractivity contribution in [1.29, 1.82) is 0 Å². The minimum Gasteiger partial charge on any atom is -0.311 e. The van der Waals surface area contributed by atoms with Crippen LogP contribution in [0.2, 0.25) is 0 Å². The van der Waals surface area contributed by atoms with Crippen molar-refractivity contribution in [2.45, 2.75) is 56.0 Å². The van der Waals surface area contributed by atoms with Crippen LogP contribution in [-0.2, 0) is 0 Å². The Labute approximate surface area is 92.2 Å². The third kappa shape index (κ3) is 1.18. The van der Waals surface area contributed by atoms with E-state index in [0.717, 1.165) is 11.8 Å². The van der Waals surface area contributed by atoms with Crippen molar-refractivity contribution in [2.24, 2.45) is 11.8 Å². The highest BCUT2D eigenvalue weighted by Gasteiger charge is 2.60. The fourth-order valence-electron chi connectivity index (χ4n) is 4.53. The van der Waals surface area contributed by atoms with Crippen molar-refractivity contribution in [1.82, 2.24) is 10.6 Å². The first-order chi connectivity index (χ1) is 7.32. The standard InChI is InChI=1S/C13H22N2/c1-3-12(4-1)7-10(9-15-12)11-8-13(11)5-2-6-14-13/h10-11,14-15H,1-9H2. The minimum atomic E-state index is 0.618. The maximum atomic E-state index is 3.82. The van der Waals surface area contributed by atoms with Crippen LogP contribution in [0.15, 0.2) is 0 Å². The maximum absolute atomic E-state index is 3.82. The van der Waals surface area contributed by atoms with Crippen LogP contribution >= 0.6 is 0 Å². The quantitative estimate of drug-likeness (QED) is 0.682. The van der Waals surface area contributed by atoms with Crippen molar-refractivity contribution in [3.05, 3.63) is 0 Å². The largest absolute Gasteiger partial charge is 0.311 e. The van der Waals surface area contributed by atoms with Gasteiger partial charge in [0.15, 0.2) is 0 Å². The van der Waals surface area contributed by atoms with Crippen molar-refractivity contribution in [3.63, 3.8) is 0 Å². The molecule has 2 aliphatic heterocycles. The Morgan fingerprint density at radius 3 is 2.47 bits per heavy atom. The monoisotopic (exact) mass is 206 g/mol. The lowest BCUT2D eigenvalue weighted by molar-refractivity contribution is 0.206. The summed E-state index contributed by atoms with van der Waals surface area (Å²) in [6, 6.07) is 0. The molecule has 0 bridgehead atoms. The van der Waals surface area contributed by atoms with Gasteiger partial charge in [-0.1, -0.05) is 0 Å². The van der Waals surface area contributed by atoms with Gasteiger partial charge in [0.05, 0.1) is 0 Å². The molecule has 4 aliphatic rings. The van der Waals surface area contributed by atoms with Crippen LogP contribution in [-0.4, -0.2) is 24.2 Å². The molecule has 2 saturated heterocycles. The van der Waals surface area contributed by atoms with Gasteiger partial charge in [-0.15, -0.1) is 0 Å². The highest BCUT2D eigenvalue weighted by molar-refractivity contribution is 5.18. The van der Waals surface area contributed by atoms with Gasteiger partial charge in [-0.25, -0.2) is 0 Å². The van der Waals surface area contributed by atoms with E-state index in [1.54, 1.807) is 0 Å². The van der Waals surface area contributed by atoms with Gasteiger partial charge in [0.25, 0.3) is 0 Å². The summed E-state index contributed by atoms with van der Waals surface area (Å²) < 4.78 is 0. The molecule has 15 heavy (non-hydrogen) atoms. The van der Waals surface area contributed by atoms with Gasteiger partial charge in [-0.05, 0) is 69.9 Å². The van der Waals surface area contributed by atoms with Crippen LogP contribution in [0.5, 0.6) is 0 Å². The van der Waals surface area contributed by atoms with E-state index in [1.807, 2.05) is 0 Å². The molecule has 3 unspecified atom stereocenters. The van der Waals surface area contributed by atoms with Gasteiger partial charge in [-0.3, -0.25) is 0 Å². The van der Waals surface area contributed by atoms with Gasteiger partial charge in [0.1, 0.15) is 0 Å². The predicted octanol–water partition coefficient (Wildman–Crippen LogP) is 1.66. The van der Waals surface area contributed by atoms with Crippen LogP contribution in [0.3, 0.4) is 0 Å². The van der Waals surface area contributed by atoms with E-state index in [0.29, 0.717) is 11.1 Å². The number of hydrogen-bond acceptors (Lipinski definition) is 2. The average Bonchev–Trinajstić information content (AvgIpc) is 2.63. The highest BCUT2D eigenvalue weighted by atomic mass is 15.1. The van der Waals surface area contributed by atoms with Crippen molar-refractivity contribution >= 4 is 0 Å². The van der Waals surface area contributed by atoms with Crippen LogP contribution in [0, 0.1) is 11.8 Å². The summed E-state index contributed by atoms with van der Waals surface area (Å²) in [5, 5.41) is 7.59. The Morgan fingerprint density at radius 1 is 0.933 bits per heavy atom. The fourth-order valence-corrected chi connectivity index (χ4v) is 4.53. The zero-order valence-corrected chi connectivity index (χ0v) is 9.52. The third-order valence-electron chi connectivity index (χ3n) is 5.68. The zero-order chi connectivity index (χ0) is 9.93. The van der Waals surface area contributed by atoms with Gasteiger partial charge in [0, 0.05) is 11.1 Å². The first-order valence-corrected chi connectivity index (χ1v) is 6.82. The molecule has 2 heterocycles. The lowest BCUT2D eigenvalue weighted by Crippen LogP contribution is -2.45. The summed E-state index contributed by atoms with van der Waals surface area (Å²) >= 11 is 0. The molecule has 2 saturated carbocycles. The van der Waals surface area contributed by atoms with Gasteiger partial charge in [-0.2, -0.15) is 0 Å². The van der Waals surface area contributed by atoms with Crippen molar-refractivity contribution in [2.75, 3.05) is 13.1 Å². The molecular formula is C13H22N2. The summed E-state index contributed by atoms with van der Waals surface area (Å²) in [4.78, 5) is 0. The molecule has 3 atom stereocenters. The van der Waals surface area contributed by atoms with Crippen molar-refractivity contribution < 1.29 is 0 Å². The SMILES string of the molecule is C1CC2(C1)CC(C1CC13CCCN3)CN2. The molecule has 4 fully saturated rings. The molecule has 84 valence electrons. The molecule has 2 nitrogen and oxygen atoms in total. The molecular weight excluding hydrogens is 184 g/mol. The fraction of sp³-hybridized carbons (Fsp3) is 1.00. The van der Waals surface area contributed by atoms with Gasteiger partial charge >= 0.3 is 0 Å². The van der Waals surface area contributed by atoms with Crippen LogP contribution in [0.1, 0.15) is 44.9 Å². The number of hydrogen-bond donors (Lipinski definition) is 2. The Kier molecular flexibility index (Phi) is 1.67. The third-order valence-corrected chi connectivity index (χ3v) is 5.68. The molecule has 0 aromatic rings. The summed E-state index contributed by atoms with van der Waals surface area (Å²) in [6.45, 7) is 2.59. The van der Waals surface area contributed by atoms with Crippen LogP contribution in [0.25, 0.3) is 0 Å². The second kappa shape index (κ2) is 2.78. The smallest absolute Gasteiger partial charge is 0.0217 e. The molecule has 2 spiro atoms. The normalized spacial score (nSPS) is 51.2. The first kappa shape index (κ1) is 9.00. The first-order valence-electron chi connectivity index (χ1n) is 6.82. The van der Waals surface area contributed by atoms with E-state index in [2.05, 4.69) is 10.6 Å². The molecule has 0 aromatic carbocycles. The van der Waals surface area contributed by atoms with E-state index in [9.17, 15) is 0 Å². The van der Waals surface area contributed by atoms with Crippen LogP contribution < -0.4 is 10.6 Å². The Bertz CT molecular complexity index is 276. The summed E-state index contributed by atoms with van der Waals surface area (Å²) in [6.07, 6.45) is 10.2. The van der Waals surface area contributed by atoms with E-state index < -0.39 is 0 Å². The second-order valence-corrected chi connectivity index (χ2v) is 6.48. The molecule has 2 aliphatic carbocycles. The summed E-state index contributed by atoms with van der Waals surface area (Å²) in [5.41, 5.74) is 1.24. The molecule has 4 rings (SSSR count). The number of rotatable bonds is 1. The summed E-state index contributed by atoms with van der Waals surface area (Å²) in [7, 11) is 0. The molecule has 0 aromatic heterocycles. The van der Waals surface area contributed by atoms with Gasteiger partial charge < -0.3 is 10.6 Å². The van der Waals surface area contributed by atoms with Crippen LogP contribution in [0.4, 0.5) is 0 Å². The zero-order valence-electron chi connectivity index (χ0n) is 9.52. The van der Waals surface area contributed by atoms with Gasteiger partial charge in [0.2, 0.25) is 0 Å². The van der Waals surface area contributed by atoms with E-state index in [1.165, 1.54) is 58.0 Å². The lowest BCUT2D eigenvalue weighted by atomic mass is 9.73. The van der Waals surface area contributed by atoms with E-state index in [4.69, 9.17) is 0 Å². The number of nitrogens with one attached hydrogen (secondary N) is 2. The van der Waals surface area contributed by atoms with Crippen molar-refractivity contribution in [3.8, 4) is 0 Å². The molecule has 2 N–H and O–H groups in total. The predicted molar refractivity (Wildman–Crippen MR) is 60.8 cm³/mol. The average molecular weight is 206 g/mol.